The quantitative estimate of drug-likeness (QED) is 0.763. The highest BCUT2D eigenvalue weighted by Crippen LogP contribution is 2.25. The average Bonchev–Trinajstić information content (AvgIpc) is 3.01. The van der Waals surface area contributed by atoms with Gasteiger partial charge in [0.15, 0.2) is 5.65 Å². The predicted octanol–water partition coefficient (Wildman–Crippen LogP) is 2.50. The third-order valence-corrected chi connectivity index (χ3v) is 4.27. The number of nitrogens with one attached hydrogen (secondary N) is 2. The molecule has 0 bridgehead atoms. The van der Waals surface area contributed by atoms with E-state index in [4.69, 9.17) is 4.98 Å². The normalized spacial score (nSPS) is 18.6. The molecule has 112 valence electrons. The second kappa shape index (κ2) is 5.42. The van der Waals surface area contributed by atoms with Crippen LogP contribution < -0.4 is 10.9 Å². The summed E-state index contributed by atoms with van der Waals surface area (Å²) in [7, 11) is 0. The fraction of sp³-hybridized carbons (Fsp3) is 0.294. The van der Waals surface area contributed by atoms with Crippen molar-refractivity contribution in [3.8, 4) is 11.1 Å². The van der Waals surface area contributed by atoms with Crippen molar-refractivity contribution in [1.82, 2.24) is 19.9 Å². The van der Waals surface area contributed by atoms with Gasteiger partial charge < -0.3 is 5.32 Å². The van der Waals surface area contributed by atoms with E-state index in [1.807, 2.05) is 36.5 Å². The van der Waals surface area contributed by atoms with E-state index in [1.54, 1.807) is 6.07 Å². The highest BCUT2D eigenvalue weighted by molar-refractivity contribution is 5.76. The van der Waals surface area contributed by atoms with Gasteiger partial charge in [-0.1, -0.05) is 36.8 Å². The van der Waals surface area contributed by atoms with Crippen LogP contribution in [-0.4, -0.2) is 21.1 Å². The molecule has 5 heteroatoms. The second-order valence-corrected chi connectivity index (χ2v) is 5.73. The Hall–Kier alpha value is -2.40. The van der Waals surface area contributed by atoms with Gasteiger partial charge in [0.1, 0.15) is 0 Å². The van der Waals surface area contributed by atoms with Crippen LogP contribution in [0.25, 0.3) is 16.8 Å². The molecule has 0 spiro atoms. The van der Waals surface area contributed by atoms with E-state index in [0.29, 0.717) is 5.65 Å². The molecular formula is C17H18N4O. The zero-order valence-corrected chi connectivity index (χ0v) is 12.2. The van der Waals surface area contributed by atoms with Crippen molar-refractivity contribution in [2.75, 3.05) is 6.54 Å². The van der Waals surface area contributed by atoms with Crippen LogP contribution in [0.1, 0.15) is 31.0 Å². The Morgan fingerprint density at radius 3 is 2.82 bits per heavy atom. The van der Waals surface area contributed by atoms with Crippen LogP contribution in [0.2, 0.25) is 0 Å². The Kier molecular flexibility index (Phi) is 3.27. The molecule has 1 atom stereocenters. The summed E-state index contributed by atoms with van der Waals surface area (Å²) in [6.45, 7) is 0.990. The summed E-state index contributed by atoms with van der Waals surface area (Å²) in [4.78, 5) is 17.1. The first-order chi connectivity index (χ1) is 10.8. The van der Waals surface area contributed by atoms with Gasteiger partial charge in [-0.15, -0.1) is 0 Å². The first-order valence-electron chi connectivity index (χ1n) is 7.73. The smallest absolute Gasteiger partial charge is 0.272 e. The summed E-state index contributed by atoms with van der Waals surface area (Å²) in [5.41, 5.74) is 3.49. The third-order valence-electron chi connectivity index (χ3n) is 4.27. The van der Waals surface area contributed by atoms with Crippen molar-refractivity contribution < 1.29 is 0 Å². The summed E-state index contributed by atoms with van der Waals surface area (Å²) < 4.78 is 1.51. The van der Waals surface area contributed by atoms with Crippen molar-refractivity contribution in [2.24, 2.45) is 0 Å². The lowest BCUT2D eigenvalue weighted by Gasteiger charge is -2.22. The van der Waals surface area contributed by atoms with Gasteiger partial charge in [0.05, 0.1) is 5.69 Å². The van der Waals surface area contributed by atoms with Crippen molar-refractivity contribution in [3.05, 3.63) is 58.6 Å². The van der Waals surface area contributed by atoms with Gasteiger partial charge in [0.2, 0.25) is 0 Å². The van der Waals surface area contributed by atoms with Gasteiger partial charge in [-0.2, -0.15) is 0 Å². The van der Waals surface area contributed by atoms with E-state index in [0.717, 1.165) is 29.8 Å². The van der Waals surface area contributed by atoms with Gasteiger partial charge in [-0.25, -0.2) is 9.50 Å². The lowest BCUT2D eigenvalue weighted by molar-refractivity contribution is 0.405. The largest absolute Gasteiger partial charge is 0.309 e. The minimum atomic E-state index is -0.0606. The Balaban J connectivity index is 1.86. The zero-order chi connectivity index (χ0) is 14.9. The number of benzene rings is 1. The highest BCUT2D eigenvalue weighted by atomic mass is 16.1. The minimum absolute atomic E-state index is 0.0606. The lowest BCUT2D eigenvalue weighted by Crippen LogP contribution is -2.29. The molecule has 1 unspecified atom stereocenters. The average molecular weight is 294 g/mol. The van der Waals surface area contributed by atoms with Crippen LogP contribution >= 0.6 is 0 Å². The number of rotatable bonds is 2. The van der Waals surface area contributed by atoms with E-state index in [9.17, 15) is 4.79 Å². The molecule has 2 aromatic heterocycles. The molecule has 0 radical (unpaired) electrons. The van der Waals surface area contributed by atoms with E-state index >= 15 is 0 Å². The van der Waals surface area contributed by atoms with Crippen LogP contribution in [0.5, 0.6) is 0 Å². The first kappa shape index (κ1) is 13.3. The van der Waals surface area contributed by atoms with Crippen molar-refractivity contribution in [2.45, 2.75) is 25.3 Å². The maximum Gasteiger partial charge on any atom is 0.272 e. The summed E-state index contributed by atoms with van der Waals surface area (Å²) in [6.07, 6.45) is 5.25. The lowest BCUT2D eigenvalue weighted by atomic mass is 10.0. The first-order valence-corrected chi connectivity index (χ1v) is 7.73. The molecule has 1 aliphatic rings. The number of aromatic nitrogens is 3. The van der Waals surface area contributed by atoms with Gasteiger partial charge in [-0.3, -0.25) is 9.89 Å². The number of nitrogens with zero attached hydrogens (tertiary/aromatic N) is 2. The molecule has 4 rings (SSSR count). The molecule has 5 nitrogen and oxygen atoms in total. The molecule has 2 N–H and O–H groups in total. The van der Waals surface area contributed by atoms with E-state index in [-0.39, 0.29) is 11.6 Å². The third kappa shape index (κ3) is 2.23. The molecule has 1 aliphatic heterocycles. The van der Waals surface area contributed by atoms with Gasteiger partial charge in [0, 0.05) is 23.9 Å². The predicted molar refractivity (Wildman–Crippen MR) is 85.8 cm³/mol. The van der Waals surface area contributed by atoms with E-state index in [2.05, 4.69) is 10.4 Å². The number of fused-ring (bicyclic) bond motifs is 1. The molecule has 1 fully saturated rings. The molecular weight excluding hydrogens is 276 g/mol. The number of hydrogen-bond donors (Lipinski definition) is 2. The monoisotopic (exact) mass is 294 g/mol. The number of H-pyrrole nitrogens is 1. The number of hydrogen-bond acceptors (Lipinski definition) is 3. The Labute approximate surface area is 128 Å². The fourth-order valence-corrected chi connectivity index (χ4v) is 3.11. The summed E-state index contributed by atoms with van der Waals surface area (Å²) in [5, 5.41) is 6.46. The van der Waals surface area contributed by atoms with E-state index in [1.165, 1.54) is 17.4 Å². The van der Waals surface area contributed by atoms with Crippen LogP contribution in [0.4, 0.5) is 0 Å². The second-order valence-electron chi connectivity index (χ2n) is 5.73. The molecule has 22 heavy (non-hydrogen) atoms. The van der Waals surface area contributed by atoms with Gasteiger partial charge in [-0.05, 0) is 24.9 Å². The fourth-order valence-electron chi connectivity index (χ4n) is 3.11. The topological polar surface area (TPSA) is 62.2 Å². The molecule has 1 aromatic carbocycles. The van der Waals surface area contributed by atoms with Crippen LogP contribution in [0.15, 0.2) is 47.4 Å². The molecule has 3 heterocycles. The van der Waals surface area contributed by atoms with E-state index < -0.39 is 0 Å². The Morgan fingerprint density at radius 2 is 2.05 bits per heavy atom. The Morgan fingerprint density at radius 1 is 1.18 bits per heavy atom. The SMILES string of the molecule is O=c1cc(C2CCCCN2)nc2c(-c3ccccc3)c[nH]n12. The molecule has 0 saturated carbocycles. The molecule has 0 amide bonds. The van der Waals surface area contributed by atoms with Gasteiger partial charge >= 0.3 is 0 Å². The zero-order valence-electron chi connectivity index (χ0n) is 12.2. The number of piperidine rings is 1. The van der Waals surface area contributed by atoms with Crippen molar-refractivity contribution in [3.63, 3.8) is 0 Å². The summed E-state index contributed by atoms with van der Waals surface area (Å²) in [6, 6.07) is 11.8. The summed E-state index contributed by atoms with van der Waals surface area (Å²) >= 11 is 0. The molecule has 3 aromatic rings. The van der Waals surface area contributed by atoms with Crippen LogP contribution in [-0.2, 0) is 0 Å². The van der Waals surface area contributed by atoms with Crippen LogP contribution in [0.3, 0.4) is 0 Å². The number of aromatic amines is 1. The Bertz CT molecular complexity index is 844. The van der Waals surface area contributed by atoms with Gasteiger partial charge in [0.25, 0.3) is 5.56 Å². The minimum Gasteiger partial charge on any atom is -0.309 e. The summed E-state index contributed by atoms with van der Waals surface area (Å²) in [5.74, 6) is 0. The van der Waals surface area contributed by atoms with Crippen molar-refractivity contribution in [1.29, 1.82) is 0 Å². The van der Waals surface area contributed by atoms with Crippen molar-refractivity contribution >= 4 is 5.65 Å². The molecule has 0 aliphatic carbocycles. The maximum absolute atomic E-state index is 12.4. The maximum atomic E-state index is 12.4. The standard InChI is InChI=1S/C17H18N4O/c22-16-10-15(14-8-4-5-9-18-14)20-17-13(11-19-21(16)17)12-6-2-1-3-7-12/h1-3,6-7,10-11,14,18-19H,4-5,8-9H2. The molecule has 1 saturated heterocycles. The van der Waals surface area contributed by atoms with Crippen LogP contribution in [0, 0.1) is 0 Å². The highest BCUT2D eigenvalue weighted by Gasteiger charge is 2.19.